The minimum Gasteiger partial charge on any atom is -0.331 e. The number of nitrogens with zero attached hydrogens (tertiary/aromatic N) is 2. The Balaban J connectivity index is 1.98. The molecule has 0 aliphatic heterocycles. The maximum atomic E-state index is 4.56. The average molecular weight is 263 g/mol. The maximum Gasteiger partial charge on any atom is 0.106 e. The fourth-order valence-electron chi connectivity index (χ4n) is 2.08. The molecule has 0 saturated heterocycles. The molecule has 98 valence electrons. The molecule has 1 aromatic heterocycles. The number of hydrogen-bond donors (Lipinski definition) is 2. The predicted molar refractivity (Wildman–Crippen MR) is 80.5 cm³/mol. The first-order valence-electron chi connectivity index (χ1n) is 6.46. The Hall–Kier alpha value is -1.00. The van der Waals surface area contributed by atoms with E-state index in [-0.39, 0.29) is 0 Å². The first kappa shape index (κ1) is 13.4. The van der Waals surface area contributed by atoms with Crippen LogP contribution < -0.4 is 5.32 Å². The lowest BCUT2D eigenvalue weighted by Gasteiger charge is -2.04. The van der Waals surface area contributed by atoms with Crippen molar-refractivity contribution < 1.29 is 0 Å². The van der Waals surface area contributed by atoms with E-state index in [4.69, 9.17) is 0 Å². The second kappa shape index (κ2) is 6.25. The van der Waals surface area contributed by atoms with Crippen LogP contribution in [0.15, 0.2) is 18.2 Å². The van der Waals surface area contributed by atoms with Crippen molar-refractivity contribution in [1.82, 2.24) is 14.9 Å². The molecule has 0 amide bonds. The van der Waals surface area contributed by atoms with Crippen LogP contribution >= 0.6 is 12.6 Å². The third-order valence-electron chi connectivity index (χ3n) is 3.27. The summed E-state index contributed by atoms with van der Waals surface area (Å²) in [7, 11) is 2.06. The Bertz CT molecular complexity index is 519. The van der Waals surface area contributed by atoms with Crippen LogP contribution in [-0.2, 0) is 13.5 Å². The third kappa shape index (κ3) is 3.06. The van der Waals surface area contributed by atoms with E-state index in [2.05, 4.69) is 52.7 Å². The van der Waals surface area contributed by atoms with Crippen molar-refractivity contribution in [2.75, 3.05) is 18.8 Å². The molecule has 1 N–H and O–H groups in total. The summed E-state index contributed by atoms with van der Waals surface area (Å²) in [5.74, 6) is 2.01. The predicted octanol–water partition coefficient (Wildman–Crippen LogP) is 2.33. The average Bonchev–Trinajstić information content (AvgIpc) is 2.65. The highest BCUT2D eigenvalue weighted by Crippen LogP contribution is 2.16. The number of rotatable bonds is 6. The van der Waals surface area contributed by atoms with Crippen LogP contribution in [0.5, 0.6) is 0 Å². The SMILES string of the molecule is Cc1nc2cc(CCNCCCS)ccc2n1C. The molecule has 0 saturated carbocycles. The van der Waals surface area contributed by atoms with E-state index in [0.717, 1.165) is 43.0 Å². The summed E-state index contributed by atoms with van der Waals surface area (Å²) in [4.78, 5) is 4.56. The highest BCUT2D eigenvalue weighted by atomic mass is 32.1. The Labute approximate surface area is 114 Å². The van der Waals surface area contributed by atoms with Gasteiger partial charge in [-0.15, -0.1) is 0 Å². The maximum absolute atomic E-state index is 4.56. The van der Waals surface area contributed by atoms with Gasteiger partial charge in [-0.2, -0.15) is 12.6 Å². The number of fused-ring (bicyclic) bond motifs is 1. The van der Waals surface area contributed by atoms with E-state index in [1.807, 2.05) is 6.92 Å². The van der Waals surface area contributed by atoms with Crippen molar-refractivity contribution >= 4 is 23.7 Å². The summed E-state index contributed by atoms with van der Waals surface area (Å²) in [6.07, 6.45) is 2.18. The minimum absolute atomic E-state index is 0.951. The second-order valence-electron chi connectivity index (χ2n) is 4.62. The van der Waals surface area contributed by atoms with Gasteiger partial charge in [0.2, 0.25) is 0 Å². The van der Waals surface area contributed by atoms with Gasteiger partial charge in [-0.1, -0.05) is 6.07 Å². The smallest absolute Gasteiger partial charge is 0.106 e. The normalized spacial score (nSPS) is 11.3. The van der Waals surface area contributed by atoms with Crippen LogP contribution in [0.1, 0.15) is 17.8 Å². The van der Waals surface area contributed by atoms with E-state index in [9.17, 15) is 0 Å². The van der Waals surface area contributed by atoms with Gasteiger partial charge < -0.3 is 9.88 Å². The number of aryl methyl sites for hydroxylation is 2. The molecule has 3 nitrogen and oxygen atoms in total. The van der Waals surface area contributed by atoms with Crippen molar-refractivity contribution in [2.24, 2.45) is 7.05 Å². The second-order valence-corrected chi connectivity index (χ2v) is 5.07. The Morgan fingerprint density at radius 2 is 2.17 bits per heavy atom. The molecule has 0 radical (unpaired) electrons. The molecule has 1 aromatic carbocycles. The van der Waals surface area contributed by atoms with Crippen LogP contribution in [0, 0.1) is 6.92 Å². The van der Waals surface area contributed by atoms with Crippen molar-refractivity contribution in [3.63, 3.8) is 0 Å². The molecule has 0 atom stereocenters. The molecule has 2 rings (SSSR count). The molecule has 0 bridgehead atoms. The molecule has 0 fully saturated rings. The molecule has 0 aliphatic rings. The van der Waals surface area contributed by atoms with Gasteiger partial charge >= 0.3 is 0 Å². The largest absolute Gasteiger partial charge is 0.331 e. The van der Waals surface area contributed by atoms with Gasteiger partial charge in [0.05, 0.1) is 11.0 Å². The molecular weight excluding hydrogens is 242 g/mol. The highest BCUT2D eigenvalue weighted by Gasteiger charge is 2.04. The fraction of sp³-hybridized carbons (Fsp3) is 0.500. The van der Waals surface area contributed by atoms with E-state index < -0.39 is 0 Å². The van der Waals surface area contributed by atoms with Gasteiger partial charge in [0.15, 0.2) is 0 Å². The molecular formula is C14H21N3S. The molecule has 2 aromatic rings. The van der Waals surface area contributed by atoms with Crippen molar-refractivity contribution in [2.45, 2.75) is 19.8 Å². The zero-order valence-corrected chi connectivity index (χ0v) is 12.0. The summed E-state index contributed by atoms with van der Waals surface area (Å²) >= 11 is 4.19. The quantitative estimate of drug-likeness (QED) is 0.619. The number of nitrogens with one attached hydrogen (secondary N) is 1. The molecule has 18 heavy (non-hydrogen) atoms. The number of benzene rings is 1. The summed E-state index contributed by atoms with van der Waals surface area (Å²) in [5, 5.41) is 3.42. The molecule has 1 heterocycles. The van der Waals surface area contributed by atoms with Crippen LogP contribution in [0.4, 0.5) is 0 Å². The number of thiol groups is 1. The summed E-state index contributed by atoms with van der Waals surface area (Å²) in [6, 6.07) is 6.56. The Morgan fingerprint density at radius 1 is 1.33 bits per heavy atom. The molecule has 0 unspecified atom stereocenters. The lowest BCUT2D eigenvalue weighted by atomic mass is 10.1. The van der Waals surface area contributed by atoms with Crippen LogP contribution in [-0.4, -0.2) is 28.4 Å². The number of imidazole rings is 1. The summed E-state index contributed by atoms with van der Waals surface area (Å²) in [6.45, 7) is 4.11. The Kier molecular flexibility index (Phi) is 4.66. The van der Waals surface area contributed by atoms with E-state index in [0.29, 0.717) is 0 Å². The number of hydrogen-bond acceptors (Lipinski definition) is 3. The van der Waals surface area contributed by atoms with E-state index in [1.54, 1.807) is 0 Å². The number of aromatic nitrogens is 2. The van der Waals surface area contributed by atoms with E-state index in [1.165, 1.54) is 11.1 Å². The van der Waals surface area contributed by atoms with Gasteiger partial charge in [-0.05, 0) is 56.3 Å². The van der Waals surface area contributed by atoms with Crippen molar-refractivity contribution in [3.8, 4) is 0 Å². The van der Waals surface area contributed by atoms with Crippen LogP contribution in [0.3, 0.4) is 0 Å². The summed E-state index contributed by atoms with van der Waals surface area (Å²) < 4.78 is 2.13. The first-order chi connectivity index (χ1) is 8.72. The standard InChI is InChI=1S/C14H21N3S/c1-11-16-13-10-12(4-5-14(13)17(11)2)6-8-15-7-3-9-18/h4-5,10,15,18H,3,6-9H2,1-2H3. The minimum atomic E-state index is 0.951. The lowest BCUT2D eigenvalue weighted by molar-refractivity contribution is 0.675. The fourth-order valence-corrected chi connectivity index (χ4v) is 2.24. The topological polar surface area (TPSA) is 29.9 Å². The van der Waals surface area contributed by atoms with Gasteiger partial charge in [0.25, 0.3) is 0 Å². The molecule has 0 spiro atoms. The zero-order chi connectivity index (χ0) is 13.0. The third-order valence-corrected chi connectivity index (χ3v) is 3.59. The van der Waals surface area contributed by atoms with Gasteiger partial charge in [-0.25, -0.2) is 4.98 Å². The van der Waals surface area contributed by atoms with Crippen molar-refractivity contribution in [1.29, 1.82) is 0 Å². The summed E-state index contributed by atoms with van der Waals surface area (Å²) in [5.41, 5.74) is 3.65. The van der Waals surface area contributed by atoms with Gasteiger partial charge in [-0.3, -0.25) is 0 Å². The van der Waals surface area contributed by atoms with Gasteiger partial charge in [0.1, 0.15) is 5.82 Å². The van der Waals surface area contributed by atoms with Crippen LogP contribution in [0.2, 0.25) is 0 Å². The van der Waals surface area contributed by atoms with Crippen molar-refractivity contribution in [3.05, 3.63) is 29.6 Å². The highest BCUT2D eigenvalue weighted by molar-refractivity contribution is 7.80. The zero-order valence-electron chi connectivity index (χ0n) is 11.1. The molecule has 4 heteroatoms. The first-order valence-corrected chi connectivity index (χ1v) is 7.09. The molecule has 0 aliphatic carbocycles. The van der Waals surface area contributed by atoms with Crippen LogP contribution in [0.25, 0.3) is 11.0 Å². The lowest BCUT2D eigenvalue weighted by Crippen LogP contribution is -2.18. The Morgan fingerprint density at radius 3 is 2.94 bits per heavy atom. The van der Waals surface area contributed by atoms with E-state index >= 15 is 0 Å². The van der Waals surface area contributed by atoms with Gasteiger partial charge in [0, 0.05) is 7.05 Å². The monoisotopic (exact) mass is 263 g/mol.